The second-order valence-corrected chi connectivity index (χ2v) is 9.50. The van der Waals surface area contributed by atoms with Crippen molar-refractivity contribution in [1.82, 2.24) is 0 Å². The molecule has 1 unspecified atom stereocenters. The average Bonchev–Trinajstić information content (AvgIpc) is 2.94. The zero-order valence-electron chi connectivity index (χ0n) is 16.1. The minimum absolute atomic E-state index is 0.0545. The Balaban J connectivity index is 1.89. The first kappa shape index (κ1) is 17.6. The molecule has 0 aromatic carbocycles. The molecular formula is C22H28O4. The fourth-order valence-electron chi connectivity index (χ4n) is 6.45. The van der Waals surface area contributed by atoms with E-state index in [0.717, 1.165) is 19.3 Å². The number of aliphatic hydroxyl groups excluding tert-OH is 1. The predicted octanol–water partition coefficient (Wildman–Crippen LogP) is 4.42. The molecule has 0 saturated heterocycles. The van der Waals surface area contributed by atoms with E-state index in [1.807, 2.05) is 0 Å². The molecule has 26 heavy (non-hydrogen) atoms. The van der Waals surface area contributed by atoms with Gasteiger partial charge in [-0.2, -0.15) is 0 Å². The maximum Gasteiger partial charge on any atom is 0.234 e. The molecule has 0 aromatic heterocycles. The van der Waals surface area contributed by atoms with Gasteiger partial charge in [-0.05, 0) is 49.2 Å². The number of rotatable bonds is 1. The van der Waals surface area contributed by atoms with Crippen molar-refractivity contribution >= 4 is 12.1 Å². The summed E-state index contributed by atoms with van der Waals surface area (Å²) in [7, 11) is 0. The Bertz CT molecular complexity index is 784. The van der Waals surface area contributed by atoms with E-state index in [-0.39, 0.29) is 28.1 Å². The topological polar surface area (TPSA) is 63.6 Å². The Morgan fingerprint density at radius 2 is 1.96 bits per heavy atom. The second-order valence-electron chi connectivity index (χ2n) is 9.50. The van der Waals surface area contributed by atoms with Gasteiger partial charge in [0, 0.05) is 16.9 Å². The van der Waals surface area contributed by atoms with E-state index in [9.17, 15) is 14.7 Å². The summed E-state index contributed by atoms with van der Waals surface area (Å²) in [5.41, 5.74) is 0.270. The highest BCUT2D eigenvalue weighted by molar-refractivity contribution is 6.21. The summed E-state index contributed by atoms with van der Waals surface area (Å²) in [6.45, 7) is 9.26. The number of hydrogen-bond acceptors (Lipinski definition) is 4. The Morgan fingerprint density at radius 1 is 1.23 bits per heavy atom. The monoisotopic (exact) mass is 356 g/mol. The van der Waals surface area contributed by atoms with Crippen molar-refractivity contribution in [1.29, 1.82) is 0 Å². The van der Waals surface area contributed by atoms with Crippen molar-refractivity contribution in [3.63, 3.8) is 0 Å². The van der Waals surface area contributed by atoms with Crippen LogP contribution in [0.25, 0.3) is 0 Å². The SMILES string of the molecule is C[C@H]1CC[C@H]2C(C)(C)CCCC2(C)[C@]12C=C1C=C(O)C(=O)C(C=O)=C1O2. The van der Waals surface area contributed by atoms with E-state index < -0.39 is 11.4 Å². The minimum Gasteiger partial charge on any atom is -0.504 e. The molecular weight excluding hydrogens is 328 g/mol. The van der Waals surface area contributed by atoms with Crippen LogP contribution in [0.1, 0.15) is 59.8 Å². The van der Waals surface area contributed by atoms with Crippen molar-refractivity contribution in [3.05, 3.63) is 34.8 Å². The van der Waals surface area contributed by atoms with Crippen LogP contribution in [0.5, 0.6) is 0 Å². The van der Waals surface area contributed by atoms with E-state index in [1.165, 1.54) is 18.9 Å². The van der Waals surface area contributed by atoms with Crippen LogP contribution in [0.4, 0.5) is 0 Å². The highest BCUT2D eigenvalue weighted by Gasteiger charge is 2.64. The summed E-state index contributed by atoms with van der Waals surface area (Å²) in [5.74, 6) is 0.141. The minimum atomic E-state index is -0.640. The Morgan fingerprint density at radius 3 is 2.65 bits per heavy atom. The third-order valence-corrected chi connectivity index (χ3v) is 7.78. The van der Waals surface area contributed by atoms with E-state index in [4.69, 9.17) is 4.74 Å². The molecule has 2 fully saturated rings. The summed E-state index contributed by atoms with van der Waals surface area (Å²) >= 11 is 0. The number of ether oxygens (including phenoxy) is 1. The molecule has 3 aliphatic carbocycles. The third kappa shape index (κ3) is 2.02. The molecule has 0 amide bonds. The lowest BCUT2D eigenvalue weighted by molar-refractivity contribution is -0.184. The first-order chi connectivity index (χ1) is 12.2. The van der Waals surface area contributed by atoms with Crippen molar-refractivity contribution in [2.24, 2.45) is 22.7 Å². The molecule has 0 radical (unpaired) electrons. The number of carbonyl (C=O) groups is 2. The van der Waals surface area contributed by atoms with Gasteiger partial charge in [-0.25, -0.2) is 0 Å². The number of aldehydes is 1. The van der Waals surface area contributed by atoms with Crippen LogP contribution in [0.15, 0.2) is 34.8 Å². The van der Waals surface area contributed by atoms with Crippen LogP contribution in [0.3, 0.4) is 0 Å². The number of aliphatic hydroxyl groups is 1. The molecule has 1 spiro atoms. The lowest BCUT2D eigenvalue weighted by Gasteiger charge is -2.62. The summed E-state index contributed by atoms with van der Waals surface area (Å²) in [5, 5.41) is 9.98. The van der Waals surface area contributed by atoms with Crippen molar-refractivity contribution in [2.45, 2.75) is 65.4 Å². The molecule has 1 aliphatic heterocycles. The number of Topliss-reactive ketones (excluding diaryl/α,β-unsaturated/α-hetero) is 1. The van der Waals surface area contributed by atoms with Gasteiger partial charge >= 0.3 is 0 Å². The largest absolute Gasteiger partial charge is 0.504 e. The number of carbonyl (C=O) groups excluding carboxylic acids is 2. The van der Waals surface area contributed by atoms with E-state index in [1.54, 1.807) is 0 Å². The van der Waals surface area contributed by atoms with Gasteiger partial charge in [-0.1, -0.05) is 34.1 Å². The predicted molar refractivity (Wildman–Crippen MR) is 98.3 cm³/mol. The van der Waals surface area contributed by atoms with Gasteiger partial charge in [0.05, 0.1) is 0 Å². The molecule has 4 aliphatic rings. The summed E-state index contributed by atoms with van der Waals surface area (Å²) in [6.07, 6.45) is 9.77. The van der Waals surface area contributed by atoms with E-state index in [2.05, 4.69) is 33.8 Å². The van der Waals surface area contributed by atoms with Gasteiger partial charge in [-0.15, -0.1) is 0 Å². The number of allylic oxidation sites excluding steroid dienone is 2. The normalized spacial score (nSPS) is 41.2. The highest BCUT2D eigenvalue weighted by atomic mass is 16.5. The Hall–Kier alpha value is -1.84. The van der Waals surface area contributed by atoms with Crippen molar-refractivity contribution in [2.75, 3.05) is 0 Å². The molecule has 4 rings (SSSR count). The van der Waals surface area contributed by atoms with Crippen LogP contribution < -0.4 is 0 Å². The molecule has 1 heterocycles. The quantitative estimate of drug-likeness (QED) is 0.558. The molecule has 4 heteroatoms. The molecule has 0 bridgehead atoms. The van der Waals surface area contributed by atoms with Crippen LogP contribution >= 0.6 is 0 Å². The zero-order chi connectivity index (χ0) is 18.9. The molecule has 4 atom stereocenters. The standard InChI is InChI=1S/C22H28O4/c1-13-6-7-17-20(2,3)8-5-9-21(17,4)22(13)11-14-10-16(24)18(25)15(12-23)19(14)26-22/h10-13,17,24H,5-9H2,1-4H3/t13-,17-,21?,22-/m0/s1. The number of hydrogen-bond donors (Lipinski definition) is 1. The summed E-state index contributed by atoms with van der Waals surface area (Å²) in [6, 6.07) is 0. The van der Waals surface area contributed by atoms with E-state index >= 15 is 0 Å². The fraction of sp³-hybridized carbons (Fsp3) is 0.636. The third-order valence-electron chi connectivity index (χ3n) is 7.78. The Kier molecular flexibility index (Phi) is 3.61. The van der Waals surface area contributed by atoms with Crippen LogP contribution in [-0.4, -0.2) is 22.8 Å². The fourth-order valence-corrected chi connectivity index (χ4v) is 6.45. The maximum absolute atomic E-state index is 12.2. The number of fused-ring (bicyclic) bond motifs is 3. The lowest BCUT2D eigenvalue weighted by Crippen LogP contribution is -2.61. The van der Waals surface area contributed by atoms with Crippen molar-refractivity contribution < 1.29 is 19.4 Å². The maximum atomic E-state index is 12.2. The molecule has 0 aromatic rings. The van der Waals surface area contributed by atoms with Gasteiger partial charge in [0.1, 0.15) is 16.9 Å². The number of ketones is 1. The molecule has 140 valence electrons. The molecule has 4 nitrogen and oxygen atoms in total. The van der Waals surface area contributed by atoms with Gasteiger partial charge in [-0.3, -0.25) is 9.59 Å². The van der Waals surface area contributed by atoms with Crippen LogP contribution in [-0.2, 0) is 14.3 Å². The second kappa shape index (κ2) is 5.34. The summed E-state index contributed by atoms with van der Waals surface area (Å²) in [4.78, 5) is 23.8. The first-order valence-electron chi connectivity index (χ1n) is 9.73. The zero-order valence-corrected chi connectivity index (χ0v) is 16.1. The molecule has 2 saturated carbocycles. The van der Waals surface area contributed by atoms with Gasteiger partial charge < -0.3 is 9.84 Å². The van der Waals surface area contributed by atoms with Crippen LogP contribution in [0.2, 0.25) is 0 Å². The highest BCUT2D eigenvalue weighted by Crippen LogP contribution is 2.66. The van der Waals surface area contributed by atoms with Crippen molar-refractivity contribution in [3.8, 4) is 0 Å². The van der Waals surface area contributed by atoms with E-state index in [0.29, 0.717) is 23.5 Å². The van der Waals surface area contributed by atoms with Crippen LogP contribution in [0, 0.1) is 22.7 Å². The van der Waals surface area contributed by atoms with Gasteiger partial charge in [0.2, 0.25) is 5.78 Å². The average molecular weight is 356 g/mol. The smallest absolute Gasteiger partial charge is 0.234 e. The van der Waals surface area contributed by atoms with Gasteiger partial charge in [0.15, 0.2) is 12.0 Å². The lowest BCUT2D eigenvalue weighted by atomic mass is 9.45. The molecule has 1 N–H and O–H groups in total. The van der Waals surface area contributed by atoms with Gasteiger partial charge in [0.25, 0.3) is 0 Å². The first-order valence-corrected chi connectivity index (χ1v) is 9.73. The Labute approximate surface area is 155 Å². The summed E-state index contributed by atoms with van der Waals surface area (Å²) < 4.78 is 6.57.